The van der Waals surface area contributed by atoms with Gasteiger partial charge in [0.15, 0.2) is 0 Å². The van der Waals surface area contributed by atoms with Crippen LogP contribution in [0.1, 0.15) is 30.5 Å². The zero-order valence-corrected chi connectivity index (χ0v) is 16.6. The van der Waals surface area contributed by atoms with Gasteiger partial charge in [0.25, 0.3) is 0 Å². The minimum Gasteiger partial charge on any atom is -0.495 e. The van der Waals surface area contributed by atoms with Crippen molar-refractivity contribution in [3.8, 4) is 5.75 Å². The third-order valence-electron chi connectivity index (χ3n) is 4.26. The zero-order chi connectivity index (χ0) is 20.0. The van der Waals surface area contributed by atoms with E-state index in [1.54, 1.807) is 21.0 Å². The fraction of sp³-hybridized carbons (Fsp3) is 0.200. The Morgan fingerprint density at radius 2 is 1.25 bits per heavy atom. The second-order valence-electron chi connectivity index (χ2n) is 7.27. The molecule has 144 valence electrons. The van der Waals surface area contributed by atoms with Gasteiger partial charge in [-0.25, -0.2) is 0 Å². The van der Waals surface area contributed by atoms with Crippen LogP contribution in [0.3, 0.4) is 0 Å². The van der Waals surface area contributed by atoms with Crippen molar-refractivity contribution in [2.75, 3.05) is 13.7 Å². The topological polar surface area (TPSA) is 38.7 Å². The highest BCUT2D eigenvalue weighted by molar-refractivity contribution is 5.96. The highest BCUT2D eigenvalue weighted by atomic mass is 16.5. The van der Waals surface area contributed by atoms with Gasteiger partial charge in [-0.2, -0.15) is 0 Å². The molecule has 0 amide bonds. The van der Waals surface area contributed by atoms with Crippen LogP contribution < -0.4 is 4.74 Å². The second kappa shape index (κ2) is 8.77. The fourth-order valence-corrected chi connectivity index (χ4v) is 2.97. The largest absolute Gasteiger partial charge is 0.495 e. The lowest BCUT2D eigenvalue weighted by molar-refractivity contribution is 0.0285. The van der Waals surface area contributed by atoms with Crippen LogP contribution in [-0.2, 0) is 4.74 Å². The summed E-state index contributed by atoms with van der Waals surface area (Å²) in [6, 6.07) is 28.2. The summed E-state index contributed by atoms with van der Waals surface area (Å²) in [6.07, 6.45) is 0. The lowest BCUT2D eigenvalue weighted by atomic mass is 9.94. The van der Waals surface area contributed by atoms with E-state index >= 15 is 0 Å². The molecule has 3 nitrogen and oxygen atoms in total. The minimum absolute atomic E-state index is 0.235. The Labute approximate surface area is 166 Å². The lowest BCUT2D eigenvalue weighted by Gasteiger charge is -2.18. The number of aliphatic hydroxyl groups is 1. The zero-order valence-electron chi connectivity index (χ0n) is 16.6. The summed E-state index contributed by atoms with van der Waals surface area (Å²) in [6.45, 7) is 3.68. The summed E-state index contributed by atoms with van der Waals surface area (Å²) in [5, 5.41) is 9.83. The molecule has 0 unspecified atom stereocenters. The van der Waals surface area contributed by atoms with Gasteiger partial charge in [0.05, 0.1) is 12.7 Å². The quantitative estimate of drug-likeness (QED) is 0.444. The van der Waals surface area contributed by atoms with Crippen molar-refractivity contribution in [2.24, 2.45) is 0 Å². The standard InChI is InChI=1S/C25H26O3/c1-25(2,26)18-28-22-16-14-21(15-17-22)24(27-3)23(19-10-6-4-7-11-19)20-12-8-5-9-13-20/h4-17,26H,18H2,1-3H3. The van der Waals surface area contributed by atoms with Crippen molar-refractivity contribution >= 4 is 11.3 Å². The van der Waals surface area contributed by atoms with Crippen molar-refractivity contribution in [1.29, 1.82) is 0 Å². The monoisotopic (exact) mass is 374 g/mol. The first kappa shape index (κ1) is 19.7. The summed E-state index contributed by atoms with van der Waals surface area (Å²) in [5.74, 6) is 1.51. The van der Waals surface area contributed by atoms with E-state index in [2.05, 4.69) is 24.3 Å². The number of rotatable bonds is 7. The second-order valence-corrected chi connectivity index (χ2v) is 7.27. The molecular formula is C25H26O3. The van der Waals surface area contributed by atoms with E-state index in [0.717, 1.165) is 28.0 Å². The van der Waals surface area contributed by atoms with Crippen LogP contribution in [0.2, 0.25) is 0 Å². The molecule has 3 heteroatoms. The molecule has 0 saturated carbocycles. The molecule has 0 aliphatic carbocycles. The Hall–Kier alpha value is -3.04. The van der Waals surface area contributed by atoms with Crippen LogP contribution in [0.5, 0.6) is 5.75 Å². The SMILES string of the molecule is COC(=C(c1ccccc1)c1ccccc1)c1ccc(OCC(C)(C)O)cc1. The van der Waals surface area contributed by atoms with Crippen molar-refractivity contribution in [1.82, 2.24) is 0 Å². The normalized spacial score (nSPS) is 11.0. The van der Waals surface area contributed by atoms with Gasteiger partial charge < -0.3 is 14.6 Å². The summed E-state index contributed by atoms with van der Waals surface area (Å²) in [5.41, 5.74) is 3.31. The molecule has 3 rings (SSSR count). The molecule has 0 radical (unpaired) electrons. The molecule has 0 fully saturated rings. The minimum atomic E-state index is -0.871. The third kappa shape index (κ3) is 5.02. The average Bonchev–Trinajstić information content (AvgIpc) is 2.71. The number of hydrogen-bond donors (Lipinski definition) is 1. The number of benzene rings is 3. The van der Waals surface area contributed by atoms with Crippen LogP contribution in [-0.4, -0.2) is 24.4 Å². The Morgan fingerprint density at radius 3 is 1.68 bits per heavy atom. The highest BCUT2D eigenvalue weighted by Gasteiger charge is 2.16. The van der Waals surface area contributed by atoms with Gasteiger partial charge in [-0.05, 0) is 49.2 Å². The Morgan fingerprint density at radius 1 is 0.750 bits per heavy atom. The molecule has 1 N–H and O–H groups in total. The van der Waals surface area contributed by atoms with Crippen molar-refractivity contribution in [3.05, 3.63) is 102 Å². The van der Waals surface area contributed by atoms with Gasteiger partial charge >= 0.3 is 0 Å². The van der Waals surface area contributed by atoms with E-state index in [1.807, 2.05) is 60.7 Å². The molecule has 0 bridgehead atoms. The first-order valence-electron chi connectivity index (χ1n) is 9.33. The van der Waals surface area contributed by atoms with Crippen LogP contribution in [0.15, 0.2) is 84.9 Å². The Kier molecular flexibility index (Phi) is 6.17. The summed E-state index contributed by atoms with van der Waals surface area (Å²) < 4.78 is 11.5. The first-order chi connectivity index (χ1) is 13.5. The van der Waals surface area contributed by atoms with E-state index in [0.29, 0.717) is 5.75 Å². The molecule has 3 aromatic carbocycles. The molecule has 0 aliphatic rings. The molecule has 28 heavy (non-hydrogen) atoms. The van der Waals surface area contributed by atoms with E-state index in [1.165, 1.54) is 0 Å². The van der Waals surface area contributed by atoms with Crippen molar-refractivity contribution in [2.45, 2.75) is 19.4 Å². The van der Waals surface area contributed by atoms with Gasteiger partial charge in [0, 0.05) is 11.1 Å². The smallest absolute Gasteiger partial charge is 0.134 e. The van der Waals surface area contributed by atoms with Crippen LogP contribution in [0, 0.1) is 0 Å². The Balaban J connectivity index is 2.03. The fourth-order valence-electron chi connectivity index (χ4n) is 2.97. The lowest BCUT2D eigenvalue weighted by Crippen LogP contribution is -2.27. The molecule has 0 aliphatic heterocycles. The predicted octanol–water partition coefficient (Wildman–Crippen LogP) is 5.40. The van der Waals surface area contributed by atoms with Gasteiger partial charge in [-0.15, -0.1) is 0 Å². The molecule has 3 aromatic rings. The first-order valence-corrected chi connectivity index (χ1v) is 9.33. The van der Waals surface area contributed by atoms with E-state index in [4.69, 9.17) is 9.47 Å². The molecule has 0 spiro atoms. The molecule has 0 heterocycles. The maximum Gasteiger partial charge on any atom is 0.134 e. The van der Waals surface area contributed by atoms with Gasteiger partial charge in [-0.1, -0.05) is 60.7 Å². The molecule has 0 aromatic heterocycles. The number of methoxy groups -OCH3 is 1. The molecular weight excluding hydrogens is 348 g/mol. The number of ether oxygens (including phenoxy) is 2. The molecule has 0 atom stereocenters. The van der Waals surface area contributed by atoms with E-state index in [-0.39, 0.29) is 6.61 Å². The predicted molar refractivity (Wildman–Crippen MR) is 114 cm³/mol. The van der Waals surface area contributed by atoms with Gasteiger partial charge in [-0.3, -0.25) is 0 Å². The third-order valence-corrected chi connectivity index (χ3v) is 4.26. The number of hydrogen-bond acceptors (Lipinski definition) is 3. The summed E-state index contributed by atoms with van der Waals surface area (Å²) in [7, 11) is 1.69. The van der Waals surface area contributed by atoms with Gasteiger partial charge in [0.2, 0.25) is 0 Å². The Bertz CT molecular complexity index is 864. The van der Waals surface area contributed by atoms with Crippen LogP contribution in [0.4, 0.5) is 0 Å². The van der Waals surface area contributed by atoms with Crippen molar-refractivity contribution < 1.29 is 14.6 Å². The maximum absolute atomic E-state index is 9.83. The van der Waals surface area contributed by atoms with E-state index < -0.39 is 5.60 Å². The van der Waals surface area contributed by atoms with Crippen LogP contribution >= 0.6 is 0 Å². The van der Waals surface area contributed by atoms with Crippen molar-refractivity contribution in [3.63, 3.8) is 0 Å². The average molecular weight is 374 g/mol. The summed E-state index contributed by atoms with van der Waals surface area (Å²) >= 11 is 0. The van der Waals surface area contributed by atoms with E-state index in [9.17, 15) is 5.11 Å². The highest BCUT2D eigenvalue weighted by Crippen LogP contribution is 2.33. The molecule has 0 saturated heterocycles. The van der Waals surface area contributed by atoms with Crippen LogP contribution in [0.25, 0.3) is 11.3 Å². The summed E-state index contributed by atoms with van der Waals surface area (Å²) in [4.78, 5) is 0. The van der Waals surface area contributed by atoms with Gasteiger partial charge in [0.1, 0.15) is 18.1 Å². The maximum atomic E-state index is 9.83.